The molecule has 0 aliphatic carbocycles. The highest BCUT2D eigenvalue weighted by atomic mass is 35.5. The summed E-state index contributed by atoms with van der Waals surface area (Å²) < 4.78 is 32.1. The zero-order valence-electron chi connectivity index (χ0n) is 23.2. The van der Waals surface area contributed by atoms with E-state index in [0.717, 1.165) is 16.1 Å². The van der Waals surface area contributed by atoms with Gasteiger partial charge in [-0.25, -0.2) is 8.42 Å². The highest BCUT2D eigenvalue weighted by Crippen LogP contribution is 2.24. The van der Waals surface area contributed by atoms with E-state index in [1.807, 2.05) is 50.2 Å². The highest BCUT2D eigenvalue weighted by Gasteiger charge is 2.33. The third-order valence-electron chi connectivity index (χ3n) is 6.53. The smallest absolute Gasteiger partial charge is 0.244 e. The number of sulfonamides is 1. The molecule has 214 valence electrons. The molecule has 1 N–H and O–H groups in total. The standard InChI is InChI=1S/C30H36ClN3O5S/c1-5-22(2)32-30(36)28(18-23-11-7-6-8-12-23)33(20-24-13-9-14-25(31)17-24)29(35)21-34(40(4,37)38)26-15-10-16-27(19-26)39-3/h6-17,19,22,28H,5,18,20-21H2,1-4H3,(H,32,36)/t22-,28-/m1/s1. The Bertz CT molecular complexity index is 1400. The molecule has 0 aliphatic heterocycles. The summed E-state index contributed by atoms with van der Waals surface area (Å²) >= 11 is 6.24. The Morgan fingerprint density at radius 3 is 2.27 bits per heavy atom. The molecule has 0 heterocycles. The quantitative estimate of drug-likeness (QED) is 0.314. The average molecular weight is 586 g/mol. The van der Waals surface area contributed by atoms with E-state index in [1.165, 1.54) is 12.0 Å². The molecule has 0 bridgehead atoms. The number of nitrogens with one attached hydrogen (secondary N) is 1. The van der Waals surface area contributed by atoms with Crippen LogP contribution in [0.3, 0.4) is 0 Å². The number of nitrogens with zero attached hydrogens (tertiary/aromatic N) is 2. The summed E-state index contributed by atoms with van der Waals surface area (Å²) in [6.45, 7) is 3.41. The van der Waals surface area contributed by atoms with Crippen molar-refractivity contribution in [2.24, 2.45) is 0 Å². The number of anilines is 1. The van der Waals surface area contributed by atoms with E-state index in [1.54, 1.807) is 42.5 Å². The van der Waals surface area contributed by atoms with Crippen LogP contribution < -0.4 is 14.4 Å². The predicted octanol–water partition coefficient (Wildman–Crippen LogP) is 4.67. The van der Waals surface area contributed by atoms with E-state index < -0.39 is 28.5 Å². The van der Waals surface area contributed by atoms with Crippen LogP contribution >= 0.6 is 11.6 Å². The number of methoxy groups -OCH3 is 1. The zero-order valence-corrected chi connectivity index (χ0v) is 24.8. The molecular weight excluding hydrogens is 550 g/mol. The molecule has 0 fully saturated rings. The van der Waals surface area contributed by atoms with Crippen molar-refractivity contribution < 1.29 is 22.7 Å². The summed E-state index contributed by atoms with van der Waals surface area (Å²) in [5.74, 6) is -0.404. The van der Waals surface area contributed by atoms with Crippen LogP contribution in [0.4, 0.5) is 5.69 Å². The van der Waals surface area contributed by atoms with Crippen LogP contribution in [0.5, 0.6) is 5.75 Å². The second-order valence-electron chi connectivity index (χ2n) is 9.65. The molecule has 8 nitrogen and oxygen atoms in total. The number of ether oxygens (including phenoxy) is 1. The molecule has 3 rings (SSSR count). The van der Waals surface area contributed by atoms with Gasteiger partial charge >= 0.3 is 0 Å². The lowest BCUT2D eigenvalue weighted by Crippen LogP contribution is -2.54. The molecule has 0 spiro atoms. The highest BCUT2D eigenvalue weighted by molar-refractivity contribution is 7.92. The number of benzene rings is 3. The van der Waals surface area contributed by atoms with Gasteiger partial charge in [0.15, 0.2) is 0 Å². The van der Waals surface area contributed by atoms with Gasteiger partial charge in [-0.15, -0.1) is 0 Å². The lowest BCUT2D eigenvalue weighted by molar-refractivity contribution is -0.140. The molecule has 0 aromatic heterocycles. The van der Waals surface area contributed by atoms with E-state index in [-0.39, 0.29) is 30.6 Å². The van der Waals surface area contributed by atoms with Gasteiger partial charge in [-0.1, -0.05) is 67.1 Å². The maximum Gasteiger partial charge on any atom is 0.244 e. The van der Waals surface area contributed by atoms with Gasteiger partial charge in [0.05, 0.1) is 19.1 Å². The Labute approximate surface area is 241 Å². The minimum Gasteiger partial charge on any atom is -0.497 e. The summed E-state index contributed by atoms with van der Waals surface area (Å²) in [4.78, 5) is 29.2. The van der Waals surface area contributed by atoms with Crippen LogP contribution in [0.2, 0.25) is 5.02 Å². The SMILES string of the molecule is CC[C@@H](C)NC(=O)[C@@H](Cc1ccccc1)N(Cc1cccc(Cl)c1)C(=O)CN(c1cccc(OC)c1)S(C)(=O)=O. The number of carbonyl (C=O) groups is 2. The lowest BCUT2D eigenvalue weighted by Gasteiger charge is -2.34. The minimum atomic E-state index is -3.87. The predicted molar refractivity (Wildman–Crippen MR) is 159 cm³/mol. The Morgan fingerprint density at radius 2 is 1.65 bits per heavy atom. The monoisotopic (exact) mass is 585 g/mol. The molecule has 10 heteroatoms. The van der Waals surface area contributed by atoms with Crippen molar-refractivity contribution in [2.45, 2.75) is 45.3 Å². The van der Waals surface area contributed by atoms with Crippen molar-refractivity contribution in [1.82, 2.24) is 10.2 Å². The summed E-state index contributed by atoms with van der Waals surface area (Å²) in [6, 6.07) is 21.9. The van der Waals surface area contributed by atoms with Crippen LogP contribution in [0.25, 0.3) is 0 Å². The fourth-order valence-electron chi connectivity index (χ4n) is 4.21. The van der Waals surface area contributed by atoms with Crippen molar-refractivity contribution >= 4 is 39.1 Å². The molecule has 3 aromatic carbocycles. The lowest BCUT2D eigenvalue weighted by atomic mass is 10.0. The maximum atomic E-state index is 14.1. The van der Waals surface area contributed by atoms with Crippen molar-refractivity contribution in [1.29, 1.82) is 0 Å². The minimum absolute atomic E-state index is 0.0561. The van der Waals surface area contributed by atoms with E-state index in [4.69, 9.17) is 16.3 Å². The molecule has 2 amide bonds. The molecule has 0 saturated heterocycles. The molecule has 0 saturated carbocycles. The number of hydrogen-bond acceptors (Lipinski definition) is 5. The van der Waals surface area contributed by atoms with Crippen molar-refractivity contribution in [3.8, 4) is 5.75 Å². The van der Waals surface area contributed by atoms with Gasteiger partial charge in [-0.3, -0.25) is 13.9 Å². The van der Waals surface area contributed by atoms with Crippen molar-refractivity contribution in [3.63, 3.8) is 0 Å². The van der Waals surface area contributed by atoms with E-state index in [2.05, 4.69) is 5.32 Å². The van der Waals surface area contributed by atoms with Crippen molar-refractivity contribution in [2.75, 3.05) is 24.2 Å². The first-order valence-electron chi connectivity index (χ1n) is 13.0. The first kappa shape index (κ1) is 31.0. The normalized spacial score (nSPS) is 12.7. The van der Waals surface area contributed by atoms with Gasteiger partial charge in [0.2, 0.25) is 21.8 Å². The zero-order chi connectivity index (χ0) is 29.3. The van der Waals surface area contributed by atoms with Gasteiger partial charge in [0, 0.05) is 30.1 Å². The Morgan fingerprint density at radius 1 is 0.975 bits per heavy atom. The second kappa shape index (κ2) is 14.2. The molecule has 0 unspecified atom stereocenters. The first-order chi connectivity index (χ1) is 19.0. The third-order valence-corrected chi connectivity index (χ3v) is 7.91. The van der Waals surface area contributed by atoms with Crippen LogP contribution in [-0.4, -0.2) is 57.1 Å². The van der Waals surface area contributed by atoms with Gasteiger partial charge in [-0.05, 0) is 48.7 Å². The van der Waals surface area contributed by atoms with E-state index in [9.17, 15) is 18.0 Å². The second-order valence-corrected chi connectivity index (χ2v) is 12.0. The van der Waals surface area contributed by atoms with E-state index in [0.29, 0.717) is 22.8 Å². The summed E-state index contributed by atoms with van der Waals surface area (Å²) in [7, 11) is -2.39. The van der Waals surface area contributed by atoms with Gasteiger partial charge in [0.1, 0.15) is 18.3 Å². The average Bonchev–Trinajstić information content (AvgIpc) is 2.93. The number of carbonyl (C=O) groups excluding carboxylic acids is 2. The van der Waals surface area contributed by atoms with Crippen LogP contribution in [0.1, 0.15) is 31.4 Å². The van der Waals surface area contributed by atoms with Crippen LogP contribution in [-0.2, 0) is 32.6 Å². The van der Waals surface area contributed by atoms with E-state index >= 15 is 0 Å². The summed E-state index contributed by atoms with van der Waals surface area (Å²) in [5.41, 5.74) is 1.85. The van der Waals surface area contributed by atoms with Crippen LogP contribution in [0.15, 0.2) is 78.9 Å². The number of halogens is 1. The maximum absolute atomic E-state index is 14.1. The van der Waals surface area contributed by atoms with Gasteiger partial charge < -0.3 is 15.0 Å². The summed E-state index contributed by atoms with van der Waals surface area (Å²) in [5, 5.41) is 3.49. The molecule has 3 aromatic rings. The van der Waals surface area contributed by atoms with Gasteiger partial charge in [-0.2, -0.15) is 0 Å². The number of amides is 2. The van der Waals surface area contributed by atoms with Gasteiger partial charge in [0.25, 0.3) is 0 Å². The first-order valence-corrected chi connectivity index (χ1v) is 15.2. The fourth-order valence-corrected chi connectivity index (χ4v) is 5.26. The molecule has 40 heavy (non-hydrogen) atoms. The topological polar surface area (TPSA) is 96.0 Å². The molecule has 0 radical (unpaired) electrons. The molecule has 0 aliphatic rings. The Hall–Kier alpha value is -3.56. The van der Waals surface area contributed by atoms with Crippen LogP contribution in [0, 0.1) is 0 Å². The number of hydrogen-bond donors (Lipinski definition) is 1. The fraction of sp³-hybridized carbons (Fsp3) is 0.333. The largest absolute Gasteiger partial charge is 0.497 e. The Balaban J connectivity index is 2.06. The molecule has 2 atom stereocenters. The third kappa shape index (κ3) is 8.72. The number of rotatable bonds is 13. The Kier molecular flexibility index (Phi) is 11.0. The van der Waals surface area contributed by atoms with Crippen molar-refractivity contribution in [3.05, 3.63) is 95.0 Å². The molecular formula is C30H36ClN3O5S. The summed E-state index contributed by atoms with van der Waals surface area (Å²) in [6.07, 6.45) is 2.00.